The molecular formula is C17H30N4. The molecule has 0 aromatic carbocycles. The summed E-state index contributed by atoms with van der Waals surface area (Å²) in [5, 5.41) is 3.50. The molecule has 0 amide bonds. The van der Waals surface area contributed by atoms with Crippen LogP contribution in [-0.4, -0.2) is 29.6 Å². The van der Waals surface area contributed by atoms with Crippen LogP contribution in [0.25, 0.3) is 0 Å². The van der Waals surface area contributed by atoms with Crippen LogP contribution in [0.1, 0.15) is 70.3 Å². The normalized spacial score (nSPS) is 16.3. The van der Waals surface area contributed by atoms with Gasteiger partial charge < -0.3 is 10.2 Å². The second kappa shape index (κ2) is 8.32. The van der Waals surface area contributed by atoms with Gasteiger partial charge in [-0.2, -0.15) is 0 Å². The minimum absolute atomic E-state index is 0.383. The van der Waals surface area contributed by atoms with Crippen molar-refractivity contribution in [2.75, 3.05) is 24.5 Å². The summed E-state index contributed by atoms with van der Waals surface area (Å²) >= 11 is 0. The molecule has 1 aliphatic rings. The first kappa shape index (κ1) is 16.2. The first-order valence-electron chi connectivity index (χ1n) is 8.53. The molecule has 1 saturated heterocycles. The van der Waals surface area contributed by atoms with Crippen molar-refractivity contribution in [3.63, 3.8) is 0 Å². The predicted molar refractivity (Wildman–Crippen MR) is 88.8 cm³/mol. The minimum Gasteiger partial charge on any atom is -0.369 e. The van der Waals surface area contributed by atoms with Crippen LogP contribution in [0.4, 0.5) is 5.69 Å². The molecule has 0 spiro atoms. The highest BCUT2D eigenvalue weighted by molar-refractivity contribution is 5.49. The highest BCUT2D eigenvalue weighted by Crippen LogP contribution is 2.23. The van der Waals surface area contributed by atoms with Gasteiger partial charge in [-0.25, -0.2) is 9.97 Å². The largest absolute Gasteiger partial charge is 0.369 e. The standard InChI is InChI=1S/C17H30N4/c1-4-9-18-12-15-16(13-19-17(20-15)14(2)3)21-10-7-5-6-8-11-21/h13-14,18H,4-12H2,1-3H3. The molecule has 0 unspecified atom stereocenters. The fourth-order valence-electron chi connectivity index (χ4n) is 2.79. The fraction of sp³-hybridized carbons (Fsp3) is 0.765. The van der Waals surface area contributed by atoms with E-state index in [2.05, 4.69) is 42.2 Å². The Labute approximate surface area is 129 Å². The number of rotatable bonds is 6. The van der Waals surface area contributed by atoms with Gasteiger partial charge in [-0.1, -0.05) is 33.6 Å². The summed E-state index contributed by atoms with van der Waals surface area (Å²) in [7, 11) is 0. The molecule has 1 N–H and O–H groups in total. The Hall–Kier alpha value is -1.16. The van der Waals surface area contributed by atoms with Crippen molar-refractivity contribution in [3.8, 4) is 0 Å². The molecule has 0 bridgehead atoms. The van der Waals surface area contributed by atoms with Gasteiger partial charge in [0, 0.05) is 25.6 Å². The van der Waals surface area contributed by atoms with Crippen molar-refractivity contribution in [2.45, 2.75) is 65.3 Å². The molecule has 0 atom stereocenters. The van der Waals surface area contributed by atoms with Gasteiger partial charge in [-0.05, 0) is 25.8 Å². The summed E-state index contributed by atoms with van der Waals surface area (Å²) in [6, 6.07) is 0. The van der Waals surface area contributed by atoms with E-state index >= 15 is 0 Å². The van der Waals surface area contributed by atoms with E-state index in [4.69, 9.17) is 4.98 Å². The Morgan fingerprint density at radius 2 is 1.90 bits per heavy atom. The molecule has 21 heavy (non-hydrogen) atoms. The summed E-state index contributed by atoms with van der Waals surface area (Å²) in [6.45, 7) is 10.7. The Morgan fingerprint density at radius 3 is 2.52 bits per heavy atom. The third kappa shape index (κ3) is 4.67. The van der Waals surface area contributed by atoms with Gasteiger partial charge in [0.15, 0.2) is 0 Å². The average molecular weight is 290 g/mol. The molecule has 1 aromatic heterocycles. The molecule has 2 heterocycles. The van der Waals surface area contributed by atoms with Crippen LogP contribution in [0, 0.1) is 0 Å². The van der Waals surface area contributed by atoms with Gasteiger partial charge in [0.25, 0.3) is 0 Å². The Bertz CT molecular complexity index is 423. The predicted octanol–water partition coefficient (Wildman–Crippen LogP) is 3.48. The van der Waals surface area contributed by atoms with E-state index in [9.17, 15) is 0 Å². The van der Waals surface area contributed by atoms with Crippen molar-refractivity contribution < 1.29 is 0 Å². The monoisotopic (exact) mass is 290 g/mol. The second-order valence-electron chi connectivity index (χ2n) is 6.29. The van der Waals surface area contributed by atoms with Crippen LogP contribution in [0.3, 0.4) is 0 Å². The lowest BCUT2D eigenvalue weighted by molar-refractivity contribution is 0.646. The van der Waals surface area contributed by atoms with E-state index in [1.54, 1.807) is 0 Å². The van der Waals surface area contributed by atoms with E-state index in [1.165, 1.54) is 37.1 Å². The summed E-state index contributed by atoms with van der Waals surface area (Å²) in [6.07, 6.45) is 8.48. The van der Waals surface area contributed by atoms with E-state index in [1.807, 2.05) is 0 Å². The number of nitrogens with zero attached hydrogens (tertiary/aromatic N) is 3. The summed E-state index contributed by atoms with van der Waals surface area (Å²) in [4.78, 5) is 11.9. The average Bonchev–Trinajstić information content (AvgIpc) is 2.76. The lowest BCUT2D eigenvalue weighted by atomic mass is 10.2. The lowest BCUT2D eigenvalue weighted by Crippen LogP contribution is -2.27. The topological polar surface area (TPSA) is 41.1 Å². The van der Waals surface area contributed by atoms with E-state index in [0.29, 0.717) is 5.92 Å². The van der Waals surface area contributed by atoms with Crippen LogP contribution in [0.2, 0.25) is 0 Å². The summed E-state index contributed by atoms with van der Waals surface area (Å²) in [5.74, 6) is 1.34. The van der Waals surface area contributed by atoms with Gasteiger partial charge >= 0.3 is 0 Å². The van der Waals surface area contributed by atoms with Crippen molar-refractivity contribution in [1.82, 2.24) is 15.3 Å². The summed E-state index contributed by atoms with van der Waals surface area (Å²) in [5.41, 5.74) is 2.41. The van der Waals surface area contributed by atoms with Gasteiger partial charge in [0.2, 0.25) is 0 Å². The molecule has 4 heteroatoms. The SMILES string of the molecule is CCCNCc1nc(C(C)C)ncc1N1CCCCCC1. The number of nitrogens with one attached hydrogen (secondary N) is 1. The van der Waals surface area contributed by atoms with Crippen molar-refractivity contribution >= 4 is 5.69 Å². The van der Waals surface area contributed by atoms with Crippen molar-refractivity contribution in [1.29, 1.82) is 0 Å². The van der Waals surface area contributed by atoms with Crippen LogP contribution in [-0.2, 0) is 6.54 Å². The smallest absolute Gasteiger partial charge is 0.131 e. The number of hydrogen-bond donors (Lipinski definition) is 1. The van der Waals surface area contributed by atoms with Crippen LogP contribution >= 0.6 is 0 Å². The van der Waals surface area contributed by atoms with Gasteiger partial charge in [-0.15, -0.1) is 0 Å². The molecule has 1 aliphatic heterocycles. The fourth-order valence-corrected chi connectivity index (χ4v) is 2.79. The zero-order valence-electron chi connectivity index (χ0n) is 13.9. The number of hydrogen-bond acceptors (Lipinski definition) is 4. The maximum Gasteiger partial charge on any atom is 0.131 e. The van der Waals surface area contributed by atoms with Crippen molar-refractivity contribution in [2.24, 2.45) is 0 Å². The van der Waals surface area contributed by atoms with Crippen molar-refractivity contribution in [3.05, 3.63) is 17.7 Å². The minimum atomic E-state index is 0.383. The molecular weight excluding hydrogens is 260 g/mol. The highest BCUT2D eigenvalue weighted by Gasteiger charge is 2.16. The van der Waals surface area contributed by atoms with Crippen LogP contribution < -0.4 is 10.2 Å². The Balaban J connectivity index is 2.20. The van der Waals surface area contributed by atoms with Gasteiger partial charge in [0.05, 0.1) is 17.6 Å². The molecule has 4 nitrogen and oxygen atoms in total. The molecule has 0 aliphatic carbocycles. The lowest BCUT2D eigenvalue weighted by Gasteiger charge is -2.25. The molecule has 118 valence electrons. The molecule has 0 radical (unpaired) electrons. The zero-order chi connectivity index (χ0) is 15.1. The quantitative estimate of drug-likeness (QED) is 0.814. The van der Waals surface area contributed by atoms with Gasteiger partial charge in [-0.3, -0.25) is 0 Å². The van der Waals surface area contributed by atoms with E-state index in [-0.39, 0.29) is 0 Å². The van der Waals surface area contributed by atoms with Crippen LogP contribution in [0.15, 0.2) is 6.20 Å². The van der Waals surface area contributed by atoms with Gasteiger partial charge in [0.1, 0.15) is 5.82 Å². The first-order valence-corrected chi connectivity index (χ1v) is 8.53. The number of aromatic nitrogens is 2. The Kier molecular flexibility index (Phi) is 6.43. The van der Waals surface area contributed by atoms with E-state index in [0.717, 1.165) is 38.4 Å². The molecule has 0 saturated carbocycles. The molecule has 1 fully saturated rings. The Morgan fingerprint density at radius 1 is 1.19 bits per heavy atom. The number of anilines is 1. The maximum atomic E-state index is 4.83. The maximum absolute atomic E-state index is 4.83. The summed E-state index contributed by atoms with van der Waals surface area (Å²) < 4.78 is 0. The second-order valence-corrected chi connectivity index (χ2v) is 6.29. The third-order valence-corrected chi connectivity index (χ3v) is 4.05. The van der Waals surface area contributed by atoms with Crippen LogP contribution in [0.5, 0.6) is 0 Å². The molecule has 1 aromatic rings. The zero-order valence-corrected chi connectivity index (χ0v) is 13.9. The highest BCUT2D eigenvalue weighted by atomic mass is 15.2. The molecule has 2 rings (SSSR count). The first-order chi connectivity index (χ1) is 10.2. The third-order valence-electron chi connectivity index (χ3n) is 4.05. The van der Waals surface area contributed by atoms with E-state index < -0.39 is 0 Å².